The maximum Gasteiger partial charge on any atom is 0.339 e. The molecule has 1 aliphatic rings. The lowest BCUT2D eigenvalue weighted by molar-refractivity contribution is 0.0692. The number of hydrogen-bond acceptors (Lipinski definition) is 6. The second kappa shape index (κ2) is 5.49. The van der Waals surface area contributed by atoms with E-state index in [4.69, 9.17) is 16.3 Å². The molecule has 128 valence electrons. The first-order valence-corrected chi connectivity index (χ1v) is 7.37. The van der Waals surface area contributed by atoms with Crippen LogP contribution in [0.15, 0.2) is 12.1 Å². The second-order valence-corrected chi connectivity index (χ2v) is 5.84. The molecule has 2 aromatic rings. The smallest absolute Gasteiger partial charge is 0.339 e. The van der Waals surface area contributed by atoms with Crippen molar-refractivity contribution in [2.24, 2.45) is 0 Å². The minimum atomic E-state index is -1.43. The van der Waals surface area contributed by atoms with Gasteiger partial charge in [-0.2, -0.15) is 0 Å². The normalized spacial score (nSPS) is 12.6. The molecule has 0 heterocycles. The Kier molecular flexibility index (Phi) is 3.69. The van der Waals surface area contributed by atoms with Crippen LogP contribution in [0.5, 0.6) is 17.2 Å². The van der Waals surface area contributed by atoms with E-state index in [0.717, 1.165) is 6.07 Å². The van der Waals surface area contributed by atoms with Crippen LogP contribution >= 0.6 is 11.6 Å². The molecule has 1 aliphatic carbocycles. The number of phenolic OH excluding ortho intramolecular Hbond substituents is 1. The number of hydrogen-bond donors (Lipinski definition) is 3. The first-order valence-electron chi connectivity index (χ1n) is 6.99. The molecule has 7 nitrogen and oxygen atoms in total. The predicted molar refractivity (Wildman–Crippen MR) is 86.3 cm³/mol. The average molecular weight is 363 g/mol. The van der Waals surface area contributed by atoms with E-state index in [1.807, 2.05) is 0 Å². The molecule has 0 aliphatic heterocycles. The number of carboxylic acid groups (broad SMARTS) is 1. The topological polar surface area (TPSA) is 121 Å². The summed E-state index contributed by atoms with van der Waals surface area (Å²) >= 11 is 5.99. The molecular weight excluding hydrogens is 352 g/mol. The summed E-state index contributed by atoms with van der Waals surface area (Å²) in [6.07, 6.45) is 0. The van der Waals surface area contributed by atoms with Crippen molar-refractivity contribution in [3.05, 3.63) is 50.5 Å². The van der Waals surface area contributed by atoms with Crippen LogP contribution in [0, 0.1) is 6.92 Å². The standard InChI is InChI=1S/C17H11ClO7/c1-5-3-6-10(15(21)9(5)17(23)24)16(22)11-8(25-2)4-7(19)13(18)12(11)14(6)20/h3-4,19,21H,1-2H3,(H,23,24). The van der Waals surface area contributed by atoms with Crippen molar-refractivity contribution in [1.29, 1.82) is 0 Å². The number of halogens is 1. The van der Waals surface area contributed by atoms with E-state index in [1.54, 1.807) is 0 Å². The molecule has 0 amide bonds. The zero-order valence-corrected chi connectivity index (χ0v) is 13.8. The molecule has 0 unspecified atom stereocenters. The van der Waals surface area contributed by atoms with Crippen molar-refractivity contribution in [3.63, 3.8) is 0 Å². The fourth-order valence-corrected chi connectivity index (χ4v) is 3.19. The number of rotatable bonds is 2. The Morgan fingerprint density at radius 2 is 1.72 bits per heavy atom. The number of carbonyl (C=O) groups is 3. The third-order valence-electron chi connectivity index (χ3n) is 4.07. The highest BCUT2D eigenvalue weighted by molar-refractivity contribution is 6.41. The lowest BCUT2D eigenvalue weighted by atomic mass is 9.80. The highest BCUT2D eigenvalue weighted by Crippen LogP contribution is 2.44. The van der Waals surface area contributed by atoms with Gasteiger partial charge < -0.3 is 20.1 Å². The first kappa shape index (κ1) is 16.8. The van der Waals surface area contributed by atoms with Crippen LogP contribution in [0.25, 0.3) is 0 Å². The van der Waals surface area contributed by atoms with Gasteiger partial charge in [0.15, 0.2) is 5.78 Å². The molecule has 3 N–H and O–H groups in total. The van der Waals surface area contributed by atoms with E-state index in [-0.39, 0.29) is 33.0 Å². The van der Waals surface area contributed by atoms with Gasteiger partial charge in [0.25, 0.3) is 0 Å². The van der Waals surface area contributed by atoms with E-state index < -0.39 is 40.2 Å². The van der Waals surface area contributed by atoms with Crippen LogP contribution < -0.4 is 4.74 Å². The molecule has 25 heavy (non-hydrogen) atoms. The number of fused-ring (bicyclic) bond motifs is 2. The Morgan fingerprint density at radius 3 is 2.28 bits per heavy atom. The Bertz CT molecular complexity index is 991. The largest absolute Gasteiger partial charge is 0.506 e. The third-order valence-corrected chi connectivity index (χ3v) is 4.45. The second-order valence-electron chi connectivity index (χ2n) is 5.46. The summed E-state index contributed by atoms with van der Waals surface area (Å²) in [4.78, 5) is 37.0. The number of ketones is 2. The van der Waals surface area contributed by atoms with E-state index in [0.29, 0.717) is 0 Å². The van der Waals surface area contributed by atoms with Crippen LogP contribution in [-0.4, -0.2) is 40.0 Å². The highest BCUT2D eigenvalue weighted by atomic mass is 35.5. The molecule has 0 spiro atoms. The zero-order valence-electron chi connectivity index (χ0n) is 13.0. The Hall–Kier alpha value is -3.06. The van der Waals surface area contributed by atoms with Crippen LogP contribution in [0.4, 0.5) is 0 Å². The predicted octanol–water partition coefficient (Wildman–Crippen LogP) is 2.54. The minimum absolute atomic E-state index is 0.108. The van der Waals surface area contributed by atoms with Gasteiger partial charge in [0.2, 0.25) is 5.78 Å². The minimum Gasteiger partial charge on any atom is -0.506 e. The maximum absolute atomic E-state index is 12.9. The molecule has 3 rings (SSSR count). The molecule has 2 aromatic carbocycles. The molecule has 0 saturated heterocycles. The first-order chi connectivity index (χ1) is 11.7. The number of carbonyl (C=O) groups excluding carboxylic acids is 2. The van der Waals surface area contributed by atoms with Crippen LogP contribution in [0.1, 0.15) is 47.8 Å². The quantitative estimate of drug-likeness (QED) is 0.640. The summed E-state index contributed by atoms with van der Waals surface area (Å²) in [5.41, 5.74) is -1.47. The van der Waals surface area contributed by atoms with Gasteiger partial charge in [0.05, 0.1) is 28.8 Å². The molecule has 0 atom stereocenters. The zero-order chi connectivity index (χ0) is 18.6. The molecule has 0 fully saturated rings. The summed E-state index contributed by atoms with van der Waals surface area (Å²) in [5.74, 6) is -4.32. The fraction of sp³-hybridized carbons (Fsp3) is 0.118. The Labute approximate surface area is 146 Å². The number of aromatic carboxylic acids is 1. The number of benzene rings is 2. The van der Waals surface area contributed by atoms with Gasteiger partial charge in [-0.05, 0) is 18.6 Å². The van der Waals surface area contributed by atoms with Crippen LogP contribution in [0.3, 0.4) is 0 Å². The monoisotopic (exact) mass is 362 g/mol. The Morgan fingerprint density at radius 1 is 1.08 bits per heavy atom. The number of methoxy groups -OCH3 is 1. The van der Waals surface area contributed by atoms with Gasteiger partial charge >= 0.3 is 5.97 Å². The highest BCUT2D eigenvalue weighted by Gasteiger charge is 2.39. The summed E-state index contributed by atoms with van der Waals surface area (Å²) in [7, 11) is 1.23. The van der Waals surface area contributed by atoms with Gasteiger partial charge in [-0.25, -0.2) is 4.79 Å². The van der Waals surface area contributed by atoms with Crippen molar-refractivity contribution in [3.8, 4) is 17.2 Å². The summed E-state index contributed by atoms with van der Waals surface area (Å²) in [6.45, 7) is 1.39. The van der Waals surface area contributed by atoms with Crippen molar-refractivity contribution < 1.29 is 34.4 Å². The van der Waals surface area contributed by atoms with Gasteiger partial charge in [-0.1, -0.05) is 11.6 Å². The van der Waals surface area contributed by atoms with Crippen molar-refractivity contribution in [2.75, 3.05) is 7.11 Å². The van der Waals surface area contributed by atoms with Gasteiger partial charge in [-0.3, -0.25) is 9.59 Å². The van der Waals surface area contributed by atoms with Crippen molar-refractivity contribution in [1.82, 2.24) is 0 Å². The number of aryl methyl sites for hydroxylation is 1. The summed E-state index contributed by atoms with van der Waals surface area (Å²) in [5, 5.41) is 29.1. The molecular formula is C17H11ClO7. The van der Waals surface area contributed by atoms with Crippen molar-refractivity contribution in [2.45, 2.75) is 6.92 Å². The number of phenols is 2. The van der Waals surface area contributed by atoms with E-state index in [1.165, 1.54) is 20.1 Å². The number of ether oxygens (including phenoxy) is 1. The van der Waals surface area contributed by atoms with Crippen LogP contribution in [0.2, 0.25) is 5.02 Å². The van der Waals surface area contributed by atoms with Crippen molar-refractivity contribution >= 4 is 29.1 Å². The summed E-state index contributed by atoms with van der Waals surface area (Å²) < 4.78 is 5.03. The number of carboxylic acids is 1. The van der Waals surface area contributed by atoms with Gasteiger partial charge in [-0.15, -0.1) is 0 Å². The SMILES string of the molecule is COc1cc(O)c(Cl)c2c1C(=O)c1c(cc(C)c(C(=O)O)c1O)C2=O. The fourth-order valence-electron chi connectivity index (χ4n) is 2.96. The molecule has 0 radical (unpaired) electrons. The van der Waals surface area contributed by atoms with Gasteiger partial charge in [0, 0.05) is 11.6 Å². The lowest BCUT2D eigenvalue weighted by Gasteiger charge is -2.23. The molecule has 0 saturated carbocycles. The molecule has 8 heteroatoms. The van der Waals surface area contributed by atoms with E-state index in [2.05, 4.69) is 0 Å². The average Bonchev–Trinajstić information content (AvgIpc) is 2.53. The summed E-state index contributed by atoms with van der Waals surface area (Å²) in [6, 6.07) is 2.27. The number of aromatic hydroxyl groups is 2. The van der Waals surface area contributed by atoms with Gasteiger partial charge in [0.1, 0.15) is 22.8 Å². The van der Waals surface area contributed by atoms with E-state index in [9.17, 15) is 29.7 Å². The molecule has 0 bridgehead atoms. The Balaban J connectivity index is 2.45. The molecule has 0 aromatic heterocycles. The van der Waals surface area contributed by atoms with Crippen LogP contribution in [-0.2, 0) is 0 Å². The lowest BCUT2D eigenvalue weighted by Crippen LogP contribution is -2.24. The maximum atomic E-state index is 12.9. The third kappa shape index (κ3) is 2.16. The van der Waals surface area contributed by atoms with E-state index >= 15 is 0 Å².